The molecule has 1 aromatic carbocycles. The van der Waals surface area contributed by atoms with Gasteiger partial charge in [-0.1, -0.05) is 19.1 Å². The van der Waals surface area contributed by atoms with Crippen LogP contribution in [0.4, 0.5) is 26.3 Å². The first-order valence-electron chi connectivity index (χ1n) is 7.52. The van der Waals surface area contributed by atoms with Gasteiger partial charge in [0, 0.05) is 11.9 Å². The highest BCUT2D eigenvalue weighted by atomic mass is 35.5. The first kappa shape index (κ1) is 22.5. The van der Waals surface area contributed by atoms with Gasteiger partial charge in [0.2, 0.25) is 0 Å². The first-order valence-corrected chi connectivity index (χ1v) is 7.52. The molecular weight excluding hydrogens is 386 g/mol. The molecular formula is C16H17ClF6N2O. The van der Waals surface area contributed by atoms with Gasteiger partial charge in [-0.15, -0.1) is 12.4 Å². The number of nitrogens with zero attached hydrogens (tertiary/aromatic N) is 1. The Morgan fingerprint density at radius 3 is 2.31 bits per heavy atom. The molecule has 1 heterocycles. The lowest BCUT2D eigenvalue weighted by molar-refractivity contribution is -0.142. The van der Waals surface area contributed by atoms with E-state index >= 15 is 0 Å². The average molecular weight is 403 g/mol. The van der Waals surface area contributed by atoms with Crippen molar-refractivity contribution in [3.63, 3.8) is 0 Å². The molecule has 0 aliphatic rings. The number of aromatic nitrogens is 1. The van der Waals surface area contributed by atoms with Crippen LogP contribution in [-0.2, 0) is 12.4 Å². The van der Waals surface area contributed by atoms with E-state index in [1.54, 1.807) is 0 Å². The SMILES string of the molecule is CCCNCC(O)c1cc(C(F)(F)F)nc2c(C(F)(F)F)cccc12.Cl. The van der Waals surface area contributed by atoms with E-state index in [0.717, 1.165) is 12.5 Å². The highest BCUT2D eigenvalue weighted by molar-refractivity contribution is 5.86. The van der Waals surface area contributed by atoms with Crippen LogP contribution in [0.15, 0.2) is 24.3 Å². The molecule has 1 unspecified atom stereocenters. The predicted octanol–water partition coefficient (Wildman–Crippen LogP) is 4.73. The molecule has 146 valence electrons. The Hall–Kier alpha value is -1.58. The molecule has 0 radical (unpaired) electrons. The van der Waals surface area contributed by atoms with Gasteiger partial charge in [-0.05, 0) is 30.7 Å². The normalized spacial score (nSPS) is 13.5. The van der Waals surface area contributed by atoms with E-state index in [1.807, 2.05) is 6.92 Å². The zero-order valence-electron chi connectivity index (χ0n) is 13.6. The van der Waals surface area contributed by atoms with E-state index in [4.69, 9.17) is 0 Å². The molecule has 0 fully saturated rings. The molecule has 26 heavy (non-hydrogen) atoms. The number of hydrogen-bond donors (Lipinski definition) is 2. The summed E-state index contributed by atoms with van der Waals surface area (Å²) in [5, 5.41) is 12.9. The summed E-state index contributed by atoms with van der Waals surface area (Å²) in [6.45, 7) is 2.29. The van der Waals surface area contributed by atoms with Gasteiger partial charge in [0.25, 0.3) is 0 Å². The summed E-state index contributed by atoms with van der Waals surface area (Å²) >= 11 is 0. The number of aliphatic hydroxyl groups excluding tert-OH is 1. The van der Waals surface area contributed by atoms with Crippen molar-refractivity contribution in [1.82, 2.24) is 10.3 Å². The summed E-state index contributed by atoms with van der Waals surface area (Å²) < 4.78 is 78.6. The minimum absolute atomic E-state index is 0. The van der Waals surface area contributed by atoms with Crippen molar-refractivity contribution < 1.29 is 31.4 Å². The molecule has 2 N–H and O–H groups in total. The minimum Gasteiger partial charge on any atom is -0.387 e. The smallest absolute Gasteiger partial charge is 0.387 e. The van der Waals surface area contributed by atoms with Gasteiger partial charge in [-0.25, -0.2) is 4.98 Å². The van der Waals surface area contributed by atoms with Crippen molar-refractivity contribution in [2.75, 3.05) is 13.1 Å². The maximum atomic E-state index is 13.1. The third kappa shape index (κ3) is 4.99. The second-order valence-electron chi connectivity index (χ2n) is 5.51. The van der Waals surface area contributed by atoms with Gasteiger partial charge in [-0.3, -0.25) is 0 Å². The topological polar surface area (TPSA) is 45.1 Å². The van der Waals surface area contributed by atoms with Crippen molar-refractivity contribution in [2.24, 2.45) is 0 Å². The van der Waals surface area contributed by atoms with Crippen LogP contribution in [0.3, 0.4) is 0 Å². The molecule has 0 aliphatic heterocycles. The van der Waals surface area contributed by atoms with Gasteiger partial charge in [0.15, 0.2) is 0 Å². The highest BCUT2D eigenvalue weighted by Gasteiger charge is 2.37. The lowest BCUT2D eigenvalue weighted by Gasteiger charge is -2.18. The van der Waals surface area contributed by atoms with Crippen molar-refractivity contribution in [2.45, 2.75) is 31.8 Å². The maximum Gasteiger partial charge on any atom is 0.433 e. The largest absolute Gasteiger partial charge is 0.433 e. The van der Waals surface area contributed by atoms with E-state index in [1.165, 1.54) is 6.07 Å². The van der Waals surface area contributed by atoms with E-state index in [0.29, 0.717) is 18.7 Å². The van der Waals surface area contributed by atoms with E-state index in [2.05, 4.69) is 10.3 Å². The molecule has 10 heteroatoms. The third-order valence-corrected chi connectivity index (χ3v) is 3.59. The van der Waals surface area contributed by atoms with Crippen molar-refractivity contribution in [3.05, 3.63) is 41.1 Å². The standard InChI is InChI=1S/C16H16F6N2O.ClH/c1-2-6-23-8-12(25)10-7-13(16(20,21)22)24-14-9(10)4-3-5-11(14)15(17,18)19;/h3-5,7,12,23,25H,2,6,8H2,1H3;1H. The van der Waals surface area contributed by atoms with Gasteiger partial charge < -0.3 is 10.4 Å². The van der Waals surface area contributed by atoms with Crippen molar-refractivity contribution in [1.29, 1.82) is 0 Å². The molecule has 0 spiro atoms. The highest BCUT2D eigenvalue weighted by Crippen LogP contribution is 2.38. The second-order valence-corrected chi connectivity index (χ2v) is 5.51. The third-order valence-electron chi connectivity index (χ3n) is 3.59. The Balaban J connectivity index is 0.00000338. The van der Waals surface area contributed by atoms with E-state index < -0.39 is 35.2 Å². The molecule has 0 saturated carbocycles. The Bertz CT molecular complexity index is 748. The van der Waals surface area contributed by atoms with Crippen LogP contribution >= 0.6 is 12.4 Å². The lowest BCUT2D eigenvalue weighted by Crippen LogP contribution is -2.23. The monoisotopic (exact) mass is 402 g/mol. The number of fused-ring (bicyclic) bond motifs is 1. The molecule has 1 aromatic heterocycles. The fourth-order valence-corrected chi connectivity index (χ4v) is 2.45. The second kappa shape index (κ2) is 8.41. The first-order chi connectivity index (χ1) is 11.6. The summed E-state index contributed by atoms with van der Waals surface area (Å²) in [5.41, 5.74) is -3.81. The van der Waals surface area contributed by atoms with Crippen molar-refractivity contribution >= 4 is 23.3 Å². The molecule has 2 aromatic rings. The number of alkyl halides is 6. The van der Waals surface area contributed by atoms with Gasteiger partial charge in [0.05, 0.1) is 17.2 Å². The number of rotatable bonds is 5. The molecule has 0 saturated heterocycles. The molecule has 2 rings (SSSR count). The summed E-state index contributed by atoms with van der Waals surface area (Å²) in [4.78, 5) is 3.18. The maximum absolute atomic E-state index is 13.1. The summed E-state index contributed by atoms with van der Waals surface area (Å²) in [5.74, 6) is 0. The van der Waals surface area contributed by atoms with Crippen LogP contribution in [-0.4, -0.2) is 23.2 Å². The summed E-state index contributed by atoms with van der Waals surface area (Å²) in [6, 6.07) is 3.56. The van der Waals surface area contributed by atoms with Crippen LogP contribution in [0.2, 0.25) is 0 Å². The molecule has 0 bridgehead atoms. The number of benzene rings is 1. The Morgan fingerprint density at radius 1 is 1.12 bits per heavy atom. The van der Waals surface area contributed by atoms with Crippen LogP contribution < -0.4 is 5.32 Å². The quantitative estimate of drug-likeness (QED) is 0.561. The van der Waals surface area contributed by atoms with E-state index in [-0.39, 0.29) is 29.9 Å². The summed E-state index contributed by atoms with van der Waals surface area (Å²) in [7, 11) is 0. The van der Waals surface area contributed by atoms with Gasteiger partial charge in [0.1, 0.15) is 5.69 Å². The number of pyridine rings is 1. The van der Waals surface area contributed by atoms with Crippen LogP contribution in [0.25, 0.3) is 10.9 Å². The van der Waals surface area contributed by atoms with E-state index in [9.17, 15) is 31.4 Å². The lowest BCUT2D eigenvalue weighted by atomic mass is 9.99. The predicted molar refractivity (Wildman–Crippen MR) is 87.1 cm³/mol. The molecule has 0 aliphatic carbocycles. The van der Waals surface area contributed by atoms with Crippen LogP contribution in [0.5, 0.6) is 0 Å². The number of hydrogen-bond acceptors (Lipinski definition) is 3. The molecule has 3 nitrogen and oxygen atoms in total. The average Bonchev–Trinajstić information content (AvgIpc) is 2.51. The Morgan fingerprint density at radius 2 is 1.77 bits per heavy atom. The van der Waals surface area contributed by atoms with Crippen LogP contribution in [0, 0.1) is 0 Å². The Labute approximate surface area is 151 Å². The molecule has 0 amide bonds. The number of halogens is 7. The van der Waals surface area contributed by atoms with Crippen molar-refractivity contribution in [3.8, 4) is 0 Å². The van der Waals surface area contributed by atoms with Gasteiger partial charge in [-0.2, -0.15) is 26.3 Å². The fraction of sp³-hybridized carbons (Fsp3) is 0.438. The van der Waals surface area contributed by atoms with Crippen LogP contribution in [0.1, 0.15) is 36.3 Å². The minimum atomic E-state index is -4.93. The number of para-hydroxylation sites is 1. The zero-order chi connectivity index (χ0) is 18.8. The number of nitrogens with one attached hydrogen (secondary N) is 1. The number of aliphatic hydroxyl groups is 1. The van der Waals surface area contributed by atoms with Gasteiger partial charge >= 0.3 is 12.4 Å². The molecule has 1 atom stereocenters. The Kier molecular flexibility index (Phi) is 7.26. The summed E-state index contributed by atoms with van der Waals surface area (Å²) in [6.07, 6.45) is -10.5. The fourth-order valence-electron chi connectivity index (χ4n) is 2.45. The zero-order valence-corrected chi connectivity index (χ0v) is 14.4.